The van der Waals surface area contributed by atoms with Gasteiger partial charge in [-0.05, 0) is 31.0 Å². The quantitative estimate of drug-likeness (QED) is 0.787. The van der Waals surface area contributed by atoms with Crippen molar-refractivity contribution in [3.8, 4) is 11.5 Å². The maximum absolute atomic E-state index is 12.3. The molecule has 0 aromatic heterocycles. The minimum Gasteiger partial charge on any atom is -0.482 e. The molecular formula is C20H23NO4. The average molecular weight is 341 g/mol. The van der Waals surface area contributed by atoms with Crippen LogP contribution in [0, 0.1) is 0 Å². The zero-order valence-corrected chi connectivity index (χ0v) is 14.3. The third-order valence-corrected chi connectivity index (χ3v) is 3.98. The predicted octanol–water partition coefficient (Wildman–Crippen LogP) is 2.94. The molecule has 1 aliphatic heterocycles. The summed E-state index contributed by atoms with van der Waals surface area (Å²) < 4.78 is 17.1. The lowest BCUT2D eigenvalue weighted by Crippen LogP contribution is -2.49. The Morgan fingerprint density at radius 3 is 2.48 bits per heavy atom. The van der Waals surface area contributed by atoms with Gasteiger partial charge in [-0.15, -0.1) is 0 Å². The number of amides is 1. The van der Waals surface area contributed by atoms with Crippen LogP contribution in [0.25, 0.3) is 0 Å². The van der Waals surface area contributed by atoms with Crippen molar-refractivity contribution in [3.63, 3.8) is 0 Å². The lowest BCUT2D eigenvalue weighted by Gasteiger charge is -2.31. The molecule has 0 radical (unpaired) electrons. The van der Waals surface area contributed by atoms with E-state index in [1.54, 1.807) is 6.07 Å². The molecule has 1 N–H and O–H groups in total. The molecule has 25 heavy (non-hydrogen) atoms. The largest absolute Gasteiger partial charge is 0.482 e. The summed E-state index contributed by atoms with van der Waals surface area (Å²) in [4.78, 5) is 12.3. The Balaban J connectivity index is 1.37. The second kappa shape index (κ2) is 8.53. The van der Waals surface area contributed by atoms with Crippen LogP contribution in [-0.2, 0) is 16.1 Å². The monoisotopic (exact) mass is 341 g/mol. The van der Waals surface area contributed by atoms with Crippen LogP contribution in [0.3, 0.4) is 0 Å². The highest BCUT2D eigenvalue weighted by Crippen LogP contribution is 2.33. The maximum Gasteiger partial charge on any atom is 0.265 e. The number of carbonyl (C=O) groups is 1. The Morgan fingerprint density at radius 2 is 1.72 bits per heavy atom. The molecule has 0 saturated heterocycles. The Hall–Kier alpha value is -2.53. The van der Waals surface area contributed by atoms with Crippen molar-refractivity contribution in [1.82, 2.24) is 5.32 Å². The summed E-state index contributed by atoms with van der Waals surface area (Å²) in [6.45, 7) is 3.56. The van der Waals surface area contributed by atoms with Gasteiger partial charge < -0.3 is 19.5 Å². The van der Waals surface area contributed by atoms with Crippen LogP contribution in [-0.4, -0.2) is 31.3 Å². The summed E-state index contributed by atoms with van der Waals surface area (Å²) in [5.74, 6) is 1.12. The van der Waals surface area contributed by atoms with E-state index < -0.39 is 6.10 Å². The Labute approximate surface area is 147 Å². The number of rotatable bonds is 7. The van der Waals surface area contributed by atoms with Gasteiger partial charge in [-0.2, -0.15) is 0 Å². The van der Waals surface area contributed by atoms with Gasteiger partial charge in [0, 0.05) is 13.2 Å². The first kappa shape index (κ1) is 17.3. The lowest BCUT2D eigenvalue weighted by molar-refractivity contribution is -0.133. The summed E-state index contributed by atoms with van der Waals surface area (Å²) in [6, 6.07) is 17.4. The third kappa shape index (κ3) is 4.73. The van der Waals surface area contributed by atoms with Gasteiger partial charge >= 0.3 is 0 Å². The molecule has 5 heteroatoms. The minimum atomic E-state index is -0.639. The number of carbonyl (C=O) groups excluding carboxylic acids is 1. The smallest absolute Gasteiger partial charge is 0.265 e. The van der Waals surface area contributed by atoms with Crippen molar-refractivity contribution in [2.45, 2.75) is 32.2 Å². The molecule has 1 heterocycles. The SMILES string of the molecule is C[C@@H]1Oc2ccccc2O[C@H]1C(=O)NCCCOCc1ccccc1. The van der Waals surface area contributed by atoms with E-state index in [-0.39, 0.29) is 12.0 Å². The molecule has 2 aromatic rings. The van der Waals surface area contributed by atoms with Crippen molar-refractivity contribution in [1.29, 1.82) is 0 Å². The summed E-state index contributed by atoms with van der Waals surface area (Å²) in [6.07, 6.45) is -0.221. The van der Waals surface area contributed by atoms with E-state index in [2.05, 4.69) is 5.32 Å². The van der Waals surface area contributed by atoms with Crippen LogP contribution in [0.2, 0.25) is 0 Å². The van der Waals surface area contributed by atoms with Gasteiger partial charge in [0.15, 0.2) is 11.5 Å². The van der Waals surface area contributed by atoms with Crippen molar-refractivity contribution >= 4 is 5.91 Å². The minimum absolute atomic E-state index is 0.162. The van der Waals surface area contributed by atoms with Crippen LogP contribution >= 0.6 is 0 Å². The zero-order chi connectivity index (χ0) is 17.5. The average Bonchev–Trinajstić information content (AvgIpc) is 2.64. The first-order valence-electron chi connectivity index (χ1n) is 8.56. The van der Waals surface area contributed by atoms with Crippen LogP contribution in [0.15, 0.2) is 54.6 Å². The highest BCUT2D eigenvalue weighted by Gasteiger charge is 2.33. The summed E-state index contributed by atoms with van der Waals surface area (Å²) in [7, 11) is 0. The van der Waals surface area contributed by atoms with E-state index in [9.17, 15) is 4.79 Å². The van der Waals surface area contributed by atoms with Gasteiger partial charge in [0.1, 0.15) is 6.10 Å². The number of hydrogen-bond acceptors (Lipinski definition) is 4. The molecular weight excluding hydrogens is 318 g/mol. The van der Waals surface area contributed by atoms with E-state index in [0.29, 0.717) is 31.3 Å². The fourth-order valence-corrected chi connectivity index (χ4v) is 2.66. The number of para-hydroxylation sites is 2. The maximum atomic E-state index is 12.3. The standard InChI is InChI=1S/C20H23NO4/c1-15-19(25-18-11-6-5-10-17(18)24-15)20(22)21-12-7-13-23-14-16-8-3-2-4-9-16/h2-6,8-11,15,19H,7,12-14H2,1H3,(H,21,22)/t15-,19+/m0/s1. The first-order chi connectivity index (χ1) is 12.2. The molecule has 0 unspecified atom stereocenters. The van der Waals surface area contributed by atoms with Crippen LogP contribution in [0.4, 0.5) is 0 Å². The van der Waals surface area contributed by atoms with E-state index >= 15 is 0 Å². The van der Waals surface area contributed by atoms with Gasteiger partial charge in [-0.1, -0.05) is 42.5 Å². The van der Waals surface area contributed by atoms with E-state index in [0.717, 1.165) is 12.0 Å². The van der Waals surface area contributed by atoms with Crippen LogP contribution < -0.4 is 14.8 Å². The Bertz CT molecular complexity index is 689. The molecule has 2 atom stereocenters. The van der Waals surface area contributed by atoms with Gasteiger partial charge in [0.05, 0.1) is 6.61 Å². The molecule has 2 aromatic carbocycles. The molecule has 5 nitrogen and oxygen atoms in total. The molecule has 0 saturated carbocycles. The Kier molecular flexibility index (Phi) is 5.90. The second-order valence-electron chi connectivity index (χ2n) is 5.99. The Morgan fingerprint density at radius 1 is 1.04 bits per heavy atom. The topological polar surface area (TPSA) is 56.8 Å². The highest BCUT2D eigenvalue weighted by atomic mass is 16.6. The highest BCUT2D eigenvalue weighted by molar-refractivity contribution is 5.82. The lowest BCUT2D eigenvalue weighted by atomic mass is 10.1. The number of ether oxygens (including phenoxy) is 3. The van der Waals surface area contributed by atoms with E-state index in [1.807, 2.05) is 55.5 Å². The van der Waals surface area contributed by atoms with Crippen LogP contribution in [0.1, 0.15) is 18.9 Å². The van der Waals surface area contributed by atoms with Gasteiger partial charge in [-0.3, -0.25) is 4.79 Å². The summed E-state index contributed by atoms with van der Waals surface area (Å²) in [5, 5.41) is 2.89. The number of fused-ring (bicyclic) bond motifs is 1. The fraction of sp³-hybridized carbons (Fsp3) is 0.350. The first-order valence-corrected chi connectivity index (χ1v) is 8.56. The molecule has 1 amide bonds. The number of nitrogens with one attached hydrogen (secondary N) is 1. The van der Waals surface area contributed by atoms with Gasteiger partial charge in [0.25, 0.3) is 5.91 Å². The molecule has 1 aliphatic rings. The number of hydrogen-bond donors (Lipinski definition) is 1. The molecule has 3 rings (SSSR count). The molecule has 0 aliphatic carbocycles. The molecule has 132 valence electrons. The summed E-state index contributed by atoms with van der Waals surface area (Å²) >= 11 is 0. The molecule has 0 bridgehead atoms. The summed E-state index contributed by atoms with van der Waals surface area (Å²) in [5.41, 5.74) is 1.15. The van der Waals surface area contributed by atoms with Crippen molar-refractivity contribution in [2.24, 2.45) is 0 Å². The van der Waals surface area contributed by atoms with Crippen molar-refractivity contribution in [3.05, 3.63) is 60.2 Å². The zero-order valence-electron chi connectivity index (χ0n) is 14.3. The normalized spacial score (nSPS) is 18.6. The molecule has 0 spiro atoms. The van der Waals surface area contributed by atoms with Crippen LogP contribution in [0.5, 0.6) is 11.5 Å². The number of benzene rings is 2. The predicted molar refractivity (Wildman–Crippen MR) is 94.7 cm³/mol. The molecule has 0 fully saturated rings. The van der Waals surface area contributed by atoms with Gasteiger partial charge in [0.2, 0.25) is 6.10 Å². The fourth-order valence-electron chi connectivity index (χ4n) is 2.66. The van der Waals surface area contributed by atoms with Crippen molar-refractivity contribution in [2.75, 3.05) is 13.2 Å². The second-order valence-corrected chi connectivity index (χ2v) is 5.99. The van der Waals surface area contributed by atoms with E-state index in [4.69, 9.17) is 14.2 Å². The van der Waals surface area contributed by atoms with Crippen molar-refractivity contribution < 1.29 is 19.0 Å². The third-order valence-electron chi connectivity index (χ3n) is 3.98. The van der Waals surface area contributed by atoms with E-state index in [1.165, 1.54) is 0 Å². The van der Waals surface area contributed by atoms with Gasteiger partial charge in [-0.25, -0.2) is 0 Å².